The Labute approximate surface area is 126 Å². The molecule has 0 radical (unpaired) electrons. The molecule has 0 bridgehead atoms. The van der Waals surface area contributed by atoms with Gasteiger partial charge in [-0.15, -0.1) is 0 Å². The number of carboxylic acid groups (broad SMARTS) is 1. The maximum Gasteiger partial charge on any atom is 0.329 e. The quantitative estimate of drug-likeness (QED) is 0.761. The van der Waals surface area contributed by atoms with Gasteiger partial charge in [0.05, 0.1) is 6.54 Å². The molecule has 0 heterocycles. The van der Waals surface area contributed by atoms with E-state index in [2.05, 4.69) is 10.6 Å². The lowest BCUT2D eigenvalue weighted by atomic mass is 9.77. The highest BCUT2D eigenvalue weighted by atomic mass is 35.5. The normalized spacial score (nSPS) is 15.7. The first-order chi connectivity index (χ1) is 9.93. The number of rotatable bonds is 5. The van der Waals surface area contributed by atoms with Gasteiger partial charge in [0.25, 0.3) is 5.91 Å². The summed E-state index contributed by atoms with van der Waals surface area (Å²) in [5.74, 6) is -2.00. The SMILES string of the molecule is O=C(CNC(=O)c1cccc(Cl)c1)NC1(C(=O)O)CCC1. The standard InChI is InChI=1S/C14H15ClN2O4/c15-10-4-1-3-9(7-10)12(19)16-8-11(18)17-14(13(20)21)5-2-6-14/h1,3-4,7H,2,5-6,8H2,(H,16,19)(H,17,18)(H,20,21). The molecule has 0 atom stereocenters. The van der Waals surface area contributed by atoms with Crippen molar-refractivity contribution >= 4 is 29.4 Å². The molecule has 1 aromatic carbocycles. The summed E-state index contributed by atoms with van der Waals surface area (Å²) in [7, 11) is 0. The Morgan fingerprint density at radius 3 is 2.52 bits per heavy atom. The summed E-state index contributed by atoms with van der Waals surface area (Å²) in [5, 5.41) is 14.4. The van der Waals surface area contributed by atoms with Crippen LogP contribution < -0.4 is 10.6 Å². The summed E-state index contributed by atoms with van der Waals surface area (Å²) in [6.45, 7) is -0.277. The molecule has 1 aliphatic carbocycles. The molecule has 21 heavy (non-hydrogen) atoms. The zero-order valence-corrected chi connectivity index (χ0v) is 11.9. The molecule has 2 rings (SSSR count). The fourth-order valence-corrected chi connectivity index (χ4v) is 2.32. The van der Waals surface area contributed by atoms with Crippen molar-refractivity contribution in [2.24, 2.45) is 0 Å². The summed E-state index contributed by atoms with van der Waals surface area (Å²) >= 11 is 5.78. The van der Waals surface area contributed by atoms with Crippen LogP contribution in [-0.4, -0.2) is 35.0 Å². The number of carbonyl (C=O) groups is 3. The van der Waals surface area contributed by atoms with E-state index in [9.17, 15) is 14.4 Å². The van der Waals surface area contributed by atoms with Gasteiger partial charge in [-0.1, -0.05) is 17.7 Å². The third kappa shape index (κ3) is 3.52. The average Bonchev–Trinajstić information content (AvgIpc) is 2.39. The maximum absolute atomic E-state index is 11.8. The summed E-state index contributed by atoms with van der Waals surface area (Å²) in [6.07, 6.45) is 1.59. The Balaban J connectivity index is 1.87. The van der Waals surface area contributed by atoms with Crippen LogP contribution in [0.15, 0.2) is 24.3 Å². The van der Waals surface area contributed by atoms with E-state index in [1.807, 2.05) is 0 Å². The molecule has 1 aromatic rings. The molecule has 3 N–H and O–H groups in total. The third-order valence-corrected chi connectivity index (χ3v) is 3.73. The van der Waals surface area contributed by atoms with Crippen molar-refractivity contribution in [1.29, 1.82) is 0 Å². The number of carboxylic acids is 1. The highest BCUT2D eigenvalue weighted by Crippen LogP contribution is 2.31. The number of benzene rings is 1. The number of carbonyl (C=O) groups excluding carboxylic acids is 2. The average molecular weight is 311 g/mol. The van der Waals surface area contributed by atoms with Crippen LogP contribution in [0.2, 0.25) is 5.02 Å². The van der Waals surface area contributed by atoms with Gasteiger partial charge in [-0.05, 0) is 37.5 Å². The summed E-state index contributed by atoms with van der Waals surface area (Å²) in [4.78, 5) is 34.7. The molecular weight excluding hydrogens is 296 g/mol. The molecule has 7 heteroatoms. The smallest absolute Gasteiger partial charge is 0.329 e. The zero-order chi connectivity index (χ0) is 15.5. The number of nitrogens with one attached hydrogen (secondary N) is 2. The van der Waals surface area contributed by atoms with E-state index < -0.39 is 23.3 Å². The van der Waals surface area contributed by atoms with Gasteiger partial charge in [0.1, 0.15) is 5.54 Å². The molecule has 0 saturated heterocycles. The second-order valence-electron chi connectivity index (χ2n) is 4.98. The van der Waals surface area contributed by atoms with E-state index >= 15 is 0 Å². The Morgan fingerprint density at radius 2 is 2.00 bits per heavy atom. The monoisotopic (exact) mass is 310 g/mol. The van der Waals surface area contributed by atoms with Crippen LogP contribution in [-0.2, 0) is 9.59 Å². The molecule has 0 spiro atoms. The fraction of sp³-hybridized carbons (Fsp3) is 0.357. The Morgan fingerprint density at radius 1 is 1.29 bits per heavy atom. The van der Waals surface area contributed by atoms with Crippen molar-refractivity contribution in [3.63, 3.8) is 0 Å². The zero-order valence-electron chi connectivity index (χ0n) is 11.2. The summed E-state index contributed by atoms with van der Waals surface area (Å²) in [6, 6.07) is 6.33. The fourth-order valence-electron chi connectivity index (χ4n) is 2.13. The number of halogens is 1. The molecule has 6 nitrogen and oxygen atoms in total. The molecule has 1 aliphatic rings. The van der Waals surface area contributed by atoms with Crippen molar-refractivity contribution in [2.45, 2.75) is 24.8 Å². The van der Waals surface area contributed by atoms with Crippen molar-refractivity contribution in [3.05, 3.63) is 34.9 Å². The molecule has 1 fully saturated rings. The molecule has 112 valence electrons. The lowest BCUT2D eigenvalue weighted by molar-refractivity contribution is -0.151. The van der Waals surface area contributed by atoms with E-state index in [1.165, 1.54) is 6.07 Å². The lowest BCUT2D eigenvalue weighted by Gasteiger charge is -2.38. The minimum Gasteiger partial charge on any atom is -0.480 e. The maximum atomic E-state index is 11.8. The minimum absolute atomic E-state index is 0.277. The van der Waals surface area contributed by atoms with Crippen molar-refractivity contribution in [1.82, 2.24) is 10.6 Å². The van der Waals surface area contributed by atoms with Gasteiger partial charge in [0.2, 0.25) is 5.91 Å². The topological polar surface area (TPSA) is 95.5 Å². The van der Waals surface area contributed by atoms with Gasteiger partial charge in [0.15, 0.2) is 0 Å². The minimum atomic E-state index is -1.17. The first-order valence-corrected chi connectivity index (χ1v) is 6.89. The van der Waals surface area contributed by atoms with Crippen molar-refractivity contribution < 1.29 is 19.5 Å². The summed E-state index contributed by atoms with van der Waals surface area (Å²) < 4.78 is 0. The van der Waals surface area contributed by atoms with E-state index in [1.54, 1.807) is 18.2 Å². The van der Waals surface area contributed by atoms with Gasteiger partial charge in [-0.3, -0.25) is 9.59 Å². The van der Waals surface area contributed by atoms with Crippen LogP contribution in [0.5, 0.6) is 0 Å². The number of hydrogen-bond donors (Lipinski definition) is 3. The second-order valence-corrected chi connectivity index (χ2v) is 5.42. The van der Waals surface area contributed by atoms with E-state index in [4.69, 9.17) is 16.7 Å². The predicted octanol–water partition coefficient (Wildman–Crippen LogP) is 1.19. The molecule has 0 unspecified atom stereocenters. The van der Waals surface area contributed by atoms with Crippen LogP contribution in [0.3, 0.4) is 0 Å². The van der Waals surface area contributed by atoms with E-state index in [0.29, 0.717) is 23.4 Å². The lowest BCUT2D eigenvalue weighted by Crippen LogP contribution is -2.60. The number of aliphatic carboxylic acids is 1. The van der Waals surface area contributed by atoms with E-state index in [-0.39, 0.29) is 6.54 Å². The first kappa shape index (κ1) is 15.3. The number of hydrogen-bond acceptors (Lipinski definition) is 3. The van der Waals surface area contributed by atoms with Gasteiger partial charge < -0.3 is 15.7 Å². The molecule has 1 saturated carbocycles. The van der Waals surface area contributed by atoms with Gasteiger partial charge in [-0.2, -0.15) is 0 Å². The van der Waals surface area contributed by atoms with Gasteiger partial charge in [-0.25, -0.2) is 4.79 Å². The third-order valence-electron chi connectivity index (χ3n) is 3.49. The van der Waals surface area contributed by atoms with Crippen LogP contribution in [0, 0.1) is 0 Å². The Hall–Kier alpha value is -2.08. The van der Waals surface area contributed by atoms with Crippen molar-refractivity contribution in [3.8, 4) is 0 Å². The summed E-state index contributed by atoms with van der Waals surface area (Å²) in [5.41, 5.74) is -0.829. The largest absolute Gasteiger partial charge is 0.480 e. The van der Waals surface area contributed by atoms with Crippen LogP contribution in [0.25, 0.3) is 0 Å². The molecule has 2 amide bonds. The second kappa shape index (κ2) is 6.13. The highest BCUT2D eigenvalue weighted by Gasteiger charge is 2.45. The van der Waals surface area contributed by atoms with Gasteiger partial charge in [0, 0.05) is 10.6 Å². The predicted molar refractivity (Wildman–Crippen MR) is 76.1 cm³/mol. The van der Waals surface area contributed by atoms with Gasteiger partial charge >= 0.3 is 5.97 Å². The van der Waals surface area contributed by atoms with Crippen molar-refractivity contribution in [2.75, 3.05) is 6.54 Å². The molecule has 0 aliphatic heterocycles. The van der Waals surface area contributed by atoms with Crippen LogP contribution in [0.4, 0.5) is 0 Å². The Kier molecular flexibility index (Phi) is 4.47. The van der Waals surface area contributed by atoms with Crippen LogP contribution in [0.1, 0.15) is 29.6 Å². The number of amides is 2. The van der Waals surface area contributed by atoms with Crippen LogP contribution >= 0.6 is 11.6 Å². The Bertz CT molecular complexity index is 584. The molecular formula is C14H15ClN2O4. The highest BCUT2D eigenvalue weighted by molar-refractivity contribution is 6.30. The first-order valence-electron chi connectivity index (χ1n) is 6.51. The van der Waals surface area contributed by atoms with E-state index in [0.717, 1.165) is 6.42 Å². The molecule has 0 aromatic heterocycles.